The van der Waals surface area contributed by atoms with E-state index in [0.29, 0.717) is 16.5 Å². The van der Waals surface area contributed by atoms with Gasteiger partial charge in [-0.2, -0.15) is 0 Å². The molecule has 0 saturated carbocycles. The van der Waals surface area contributed by atoms with E-state index < -0.39 is 6.04 Å². The van der Waals surface area contributed by atoms with Gasteiger partial charge < -0.3 is 16.0 Å². The Morgan fingerprint density at radius 3 is 2.54 bits per heavy atom. The van der Waals surface area contributed by atoms with Crippen molar-refractivity contribution >= 4 is 35.8 Å². The average molecular weight is 402 g/mol. The van der Waals surface area contributed by atoms with Crippen molar-refractivity contribution in [3.63, 3.8) is 0 Å². The fraction of sp³-hybridized carbons (Fsp3) is 0.579. The normalized spacial score (nSPS) is 21.8. The molecule has 146 valence electrons. The summed E-state index contributed by atoms with van der Waals surface area (Å²) in [6.45, 7) is 7.90. The van der Waals surface area contributed by atoms with Crippen LogP contribution in [0.15, 0.2) is 24.3 Å². The summed E-state index contributed by atoms with van der Waals surface area (Å²) in [5.41, 5.74) is 0.498. The van der Waals surface area contributed by atoms with Gasteiger partial charge in [0.25, 0.3) is 5.91 Å². The van der Waals surface area contributed by atoms with Crippen LogP contribution in [0.4, 0.5) is 0 Å². The minimum Gasteiger partial charge on any atom is -0.350 e. The summed E-state index contributed by atoms with van der Waals surface area (Å²) in [6.07, 6.45) is 1.84. The number of halogens is 2. The lowest BCUT2D eigenvalue weighted by Crippen LogP contribution is -2.57. The van der Waals surface area contributed by atoms with E-state index in [-0.39, 0.29) is 36.2 Å². The lowest BCUT2D eigenvalue weighted by molar-refractivity contribution is -0.125. The lowest BCUT2D eigenvalue weighted by Gasteiger charge is -2.32. The van der Waals surface area contributed by atoms with Crippen molar-refractivity contribution < 1.29 is 9.59 Å². The Bertz CT molecular complexity index is 595. The number of rotatable bonds is 6. The van der Waals surface area contributed by atoms with E-state index >= 15 is 0 Å². The van der Waals surface area contributed by atoms with Gasteiger partial charge in [0, 0.05) is 23.2 Å². The standard InChI is InChI=1S/C19H28ClN3O2.ClH/c1-4-12(2)17(19(25)22-16-11-21-10-9-13(16)3)23-18(24)14-5-7-15(20)8-6-14;/h5-8,12-13,16-17,21H,4,9-11H2,1-3H3,(H,22,25)(H,23,24);1H. The molecule has 2 rings (SSSR count). The smallest absolute Gasteiger partial charge is 0.251 e. The molecule has 1 heterocycles. The molecule has 1 aromatic carbocycles. The number of carbonyl (C=O) groups is 2. The summed E-state index contributed by atoms with van der Waals surface area (Å²) in [5.74, 6) is 0.0991. The summed E-state index contributed by atoms with van der Waals surface area (Å²) in [6, 6.07) is 6.21. The quantitative estimate of drug-likeness (QED) is 0.685. The number of amides is 2. The summed E-state index contributed by atoms with van der Waals surface area (Å²) < 4.78 is 0. The maximum Gasteiger partial charge on any atom is 0.251 e. The van der Waals surface area contributed by atoms with Crippen molar-refractivity contribution in [2.45, 2.75) is 45.7 Å². The van der Waals surface area contributed by atoms with Crippen LogP contribution in [-0.2, 0) is 4.79 Å². The van der Waals surface area contributed by atoms with Crippen molar-refractivity contribution in [2.75, 3.05) is 13.1 Å². The molecule has 2 amide bonds. The zero-order valence-electron chi connectivity index (χ0n) is 15.5. The van der Waals surface area contributed by atoms with Crippen LogP contribution in [0.1, 0.15) is 44.0 Å². The van der Waals surface area contributed by atoms with Gasteiger partial charge in [-0.25, -0.2) is 0 Å². The van der Waals surface area contributed by atoms with E-state index in [4.69, 9.17) is 11.6 Å². The Balaban J connectivity index is 0.00000338. The second-order valence-electron chi connectivity index (χ2n) is 6.93. The molecule has 1 aliphatic heterocycles. The fourth-order valence-corrected chi connectivity index (χ4v) is 3.11. The van der Waals surface area contributed by atoms with Gasteiger partial charge in [-0.3, -0.25) is 9.59 Å². The molecule has 3 N–H and O–H groups in total. The second kappa shape index (κ2) is 10.8. The van der Waals surface area contributed by atoms with Gasteiger partial charge in [-0.15, -0.1) is 12.4 Å². The Morgan fingerprint density at radius 2 is 1.96 bits per heavy atom. The van der Waals surface area contributed by atoms with Crippen LogP contribution < -0.4 is 16.0 Å². The van der Waals surface area contributed by atoms with Crippen molar-refractivity contribution in [3.8, 4) is 0 Å². The van der Waals surface area contributed by atoms with E-state index in [9.17, 15) is 9.59 Å². The molecule has 4 unspecified atom stereocenters. The first kappa shape index (κ1) is 22.7. The first-order chi connectivity index (χ1) is 11.9. The van der Waals surface area contributed by atoms with Crippen LogP contribution in [0, 0.1) is 11.8 Å². The highest BCUT2D eigenvalue weighted by molar-refractivity contribution is 6.30. The molecule has 0 radical (unpaired) electrons. The highest BCUT2D eigenvalue weighted by Crippen LogP contribution is 2.15. The molecule has 1 aliphatic rings. The van der Waals surface area contributed by atoms with Gasteiger partial charge in [0.2, 0.25) is 5.91 Å². The Labute approximate surface area is 167 Å². The number of piperidine rings is 1. The van der Waals surface area contributed by atoms with Gasteiger partial charge in [-0.05, 0) is 49.1 Å². The number of hydrogen-bond donors (Lipinski definition) is 3. The summed E-state index contributed by atoms with van der Waals surface area (Å²) >= 11 is 5.87. The Morgan fingerprint density at radius 1 is 1.31 bits per heavy atom. The van der Waals surface area contributed by atoms with Crippen molar-refractivity contribution in [2.24, 2.45) is 11.8 Å². The minimum absolute atomic E-state index is 0. The average Bonchev–Trinajstić information content (AvgIpc) is 2.61. The number of nitrogens with one attached hydrogen (secondary N) is 3. The molecule has 0 spiro atoms. The maximum absolute atomic E-state index is 12.8. The van der Waals surface area contributed by atoms with Gasteiger partial charge in [0.15, 0.2) is 0 Å². The van der Waals surface area contributed by atoms with Gasteiger partial charge in [-0.1, -0.05) is 38.8 Å². The summed E-state index contributed by atoms with van der Waals surface area (Å²) in [7, 11) is 0. The molecule has 4 atom stereocenters. The van der Waals surface area contributed by atoms with E-state index in [1.54, 1.807) is 24.3 Å². The SMILES string of the molecule is CCC(C)C(NC(=O)c1ccc(Cl)cc1)C(=O)NC1CNCCC1C.Cl. The van der Waals surface area contributed by atoms with Gasteiger partial charge >= 0.3 is 0 Å². The Hall–Kier alpha value is -1.30. The van der Waals surface area contributed by atoms with Crippen LogP contribution >= 0.6 is 24.0 Å². The largest absolute Gasteiger partial charge is 0.350 e. The van der Waals surface area contributed by atoms with Crippen LogP contribution in [0.25, 0.3) is 0 Å². The molecule has 5 nitrogen and oxygen atoms in total. The molecule has 1 fully saturated rings. The maximum atomic E-state index is 12.8. The molecule has 0 aromatic heterocycles. The fourth-order valence-electron chi connectivity index (χ4n) is 2.98. The minimum atomic E-state index is -0.553. The van der Waals surface area contributed by atoms with Crippen molar-refractivity contribution in [3.05, 3.63) is 34.9 Å². The third-order valence-electron chi connectivity index (χ3n) is 5.04. The molecule has 0 aliphatic carbocycles. The van der Waals surface area contributed by atoms with Crippen LogP contribution in [0.2, 0.25) is 5.02 Å². The van der Waals surface area contributed by atoms with Gasteiger partial charge in [0.05, 0.1) is 0 Å². The van der Waals surface area contributed by atoms with Crippen molar-refractivity contribution in [1.82, 2.24) is 16.0 Å². The third kappa shape index (κ3) is 6.15. The van der Waals surface area contributed by atoms with Crippen LogP contribution in [0.5, 0.6) is 0 Å². The third-order valence-corrected chi connectivity index (χ3v) is 5.30. The van der Waals surface area contributed by atoms with E-state index in [0.717, 1.165) is 25.9 Å². The number of carbonyl (C=O) groups excluding carboxylic acids is 2. The van der Waals surface area contributed by atoms with E-state index in [1.165, 1.54) is 0 Å². The van der Waals surface area contributed by atoms with E-state index in [2.05, 4.69) is 22.9 Å². The molecule has 26 heavy (non-hydrogen) atoms. The Kier molecular flexibility index (Phi) is 9.41. The summed E-state index contributed by atoms with van der Waals surface area (Å²) in [4.78, 5) is 25.3. The first-order valence-corrected chi connectivity index (χ1v) is 9.37. The zero-order chi connectivity index (χ0) is 18.4. The van der Waals surface area contributed by atoms with E-state index in [1.807, 2.05) is 13.8 Å². The molecule has 1 saturated heterocycles. The summed E-state index contributed by atoms with van der Waals surface area (Å²) in [5, 5.41) is 9.89. The number of hydrogen-bond acceptors (Lipinski definition) is 3. The zero-order valence-corrected chi connectivity index (χ0v) is 17.1. The predicted molar refractivity (Wildman–Crippen MR) is 108 cm³/mol. The molecule has 7 heteroatoms. The van der Waals surface area contributed by atoms with Gasteiger partial charge in [0.1, 0.15) is 6.04 Å². The highest BCUT2D eigenvalue weighted by atomic mass is 35.5. The molecular formula is C19H29Cl2N3O2. The van der Waals surface area contributed by atoms with Crippen LogP contribution in [-0.4, -0.2) is 37.0 Å². The van der Waals surface area contributed by atoms with Crippen LogP contribution in [0.3, 0.4) is 0 Å². The highest BCUT2D eigenvalue weighted by Gasteiger charge is 2.30. The first-order valence-electron chi connectivity index (χ1n) is 8.99. The predicted octanol–water partition coefficient (Wildman–Crippen LogP) is 3.02. The molecular weight excluding hydrogens is 373 g/mol. The molecule has 1 aromatic rings. The second-order valence-corrected chi connectivity index (χ2v) is 7.37. The topological polar surface area (TPSA) is 70.2 Å². The molecule has 0 bridgehead atoms. The van der Waals surface area contributed by atoms with Crippen molar-refractivity contribution in [1.29, 1.82) is 0 Å². The monoisotopic (exact) mass is 401 g/mol. The lowest BCUT2D eigenvalue weighted by atomic mass is 9.93. The number of benzene rings is 1.